The zero-order valence-electron chi connectivity index (χ0n) is 29.6. The van der Waals surface area contributed by atoms with Gasteiger partial charge in [0.15, 0.2) is 5.82 Å². The number of amides is 3. The largest absolute Gasteiger partial charge is 0.444 e. The molecule has 0 aliphatic carbocycles. The Morgan fingerprint density at radius 2 is 1.65 bits per heavy atom. The second kappa shape index (κ2) is 17.6. The number of hydrogen-bond acceptors (Lipinski definition) is 9. The zero-order chi connectivity index (χ0) is 37.1. The van der Waals surface area contributed by atoms with Gasteiger partial charge in [0, 0.05) is 41.0 Å². The van der Waals surface area contributed by atoms with Gasteiger partial charge in [-0.1, -0.05) is 75.4 Å². The minimum absolute atomic E-state index is 0.0479. The Hall–Kier alpha value is -5.98. The second-order valence-corrected chi connectivity index (χ2v) is 12.7. The van der Waals surface area contributed by atoms with Crippen LogP contribution in [0.1, 0.15) is 68.1 Å². The fraction of sp³-hybridized carbons (Fsp3) is 0.316. The van der Waals surface area contributed by atoms with E-state index in [-0.39, 0.29) is 55.3 Å². The smallest absolute Gasteiger partial charge is 0.413 e. The van der Waals surface area contributed by atoms with Crippen LogP contribution in [-0.2, 0) is 29.2 Å². The minimum atomic E-state index is -0.744. The van der Waals surface area contributed by atoms with E-state index in [4.69, 9.17) is 15.9 Å². The molecule has 1 heterocycles. The lowest BCUT2D eigenvalue weighted by Crippen LogP contribution is -2.36. The summed E-state index contributed by atoms with van der Waals surface area (Å²) in [5.41, 5.74) is 9.12. The van der Waals surface area contributed by atoms with Gasteiger partial charge in [0.25, 0.3) is 11.5 Å². The van der Waals surface area contributed by atoms with Gasteiger partial charge >= 0.3 is 6.09 Å². The van der Waals surface area contributed by atoms with E-state index in [2.05, 4.69) is 26.3 Å². The molecule has 4 aromatic rings. The molecule has 0 bridgehead atoms. The maximum atomic E-state index is 13.8. The molecule has 7 N–H and O–H groups in total. The number of amidine groups is 1. The molecule has 13 nitrogen and oxygen atoms in total. The first-order valence-electron chi connectivity index (χ1n) is 16.8. The number of nitrogen functional groups attached to an aromatic ring is 1. The van der Waals surface area contributed by atoms with Crippen LogP contribution in [0.5, 0.6) is 0 Å². The molecule has 0 saturated heterocycles. The summed E-state index contributed by atoms with van der Waals surface area (Å²) in [6.45, 7) is 9.74. The molecule has 4 rings (SSSR count). The molecule has 13 heteroatoms. The Kier molecular flexibility index (Phi) is 13.1. The molecule has 0 aliphatic rings. The summed E-state index contributed by atoms with van der Waals surface area (Å²) in [5, 5.41) is 19.6. The Bertz CT molecular complexity index is 1910. The number of carbonyl (C=O) groups is 3. The first kappa shape index (κ1) is 37.8. The molecular formula is C38H46N8O5. The molecule has 0 fully saturated rings. The molecule has 0 saturated carbocycles. The van der Waals surface area contributed by atoms with E-state index in [1.807, 2.05) is 65.0 Å². The number of nitrogens with one attached hydrogen (secondary N) is 5. The number of carbonyl (C=O) groups excluding carboxylic acids is 3. The van der Waals surface area contributed by atoms with Crippen molar-refractivity contribution in [2.24, 2.45) is 5.92 Å². The lowest BCUT2D eigenvalue weighted by molar-refractivity contribution is -0.121. The summed E-state index contributed by atoms with van der Waals surface area (Å²) in [6.07, 6.45) is 1.50. The third-order valence-electron chi connectivity index (χ3n) is 8.40. The van der Waals surface area contributed by atoms with Gasteiger partial charge in [-0.2, -0.15) is 0 Å². The number of alkyl carbamates (subject to hydrolysis) is 1. The standard InChI is InChI=1S/C38H46N8O5/c1-6-24(4)43-36(48)30-16-29(17-31(39)18-30)32-20-42-35(44-25(5)23(2)3)37(49)46(32)21-33(47)41-19-26-12-14-28(15-13-26)34(40)45-38(50)51-22-27-10-8-7-9-11-27/h7-18,20,23-25H,6,19,21-22,39H2,1-5H3,(H,41,47)(H,42,44)(H,43,48)(H2,40,45,50)/t24-,25-/m0/s1. The SMILES string of the molecule is CC[C@H](C)NC(=O)c1cc(N)cc(-c2cnc(N[C@@H](C)C(C)C)c(=O)n2CC(=O)NCc2ccc(C(=N)NC(=O)OCc3ccccc3)cc2)c1. The van der Waals surface area contributed by atoms with Gasteiger partial charge in [0.1, 0.15) is 19.0 Å². The predicted octanol–water partition coefficient (Wildman–Crippen LogP) is 5.05. The summed E-state index contributed by atoms with van der Waals surface area (Å²) >= 11 is 0. The van der Waals surface area contributed by atoms with Crippen molar-refractivity contribution in [2.45, 2.75) is 72.8 Å². The normalized spacial score (nSPS) is 12.0. The Labute approximate surface area is 297 Å². The van der Waals surface area contributed by atoms with Crippen molar-refractivity contribution in [1.82, 2.24) is 25.5 Å². The second-order valence-electron chi connectivity index (χ2n) is 12.7. The van der Waals surface area contributed by atoms with Gasteiger partial charge in [-0.3, -0.25) is 29.7 Å². The first-order valence-corrected chi connectivity index (χ1v) is 16.8. The van der Waals surface area contributed by atoms with Crippen LogP contribution in [-0.4, -0.2) is 45.4 Å². The maximum Gasteiger partial charge on any atom is 0.413 e. The van der Waals surface area contributed by atoms with Crippen LogP contribution >= 0.6 is 0 Å². The van der Waals surface area contributed by atoms with Crippen molar-refractivity contribution in [3.05, 3.63) is 112 Å². The topological polar surface area (TPSA) is 193 Å². The van der Waals surface area contributed by atoms with Gasteiger partial charge in [-0.15, -0.1) is 0 Å². The number of anilines is 2. The van der Waals surface area contributed by atoms with Gasteiger partial charge in [0.05, 0.1) is 11.9 Å². The number of benzene rings is 3. The van der Waals surface area contributed by atoms with E-state index in [9.17, 15) is 19.2 Å². The van der Waals surface area contributed by atoms with Crippen molar-refractivity contribution in [3.63, 3.8) is 0 Å². The quantitative estimate of drug-likeness (QED) is 0.0600. The van der Waals surface area contributed by atoms with Crippen LogP contribution in [0.2, 0.25) is 0 Å². The van der Waals surface area contributed by atoms with Crippen LogP contribution < -0.4 is 32.6 Å². The highest BCUT2D eigenvalue weighted by Crippen LogP contribution is 2.24. The van der Waals surface area contributed by atoms with E-state index >= 15 is 0 Å². The summed E-state index contributed by atoms with van der Waals surface area (Å²) in [5.74, 6) is -0.567. The van der Waals surface area contributed by atoms with Gasteiger partial charge in [-0.25, -0.2) is 9.78 Å². The van der Waals surface area contributed by atoms with E-state index in [0.717, 1.165) is 17.5 Å². The number of nitrogens with two attached hydrogens (primary N) is 1. The number of hydrogen-bond donors (Lipinski definition) is 6. The fourth-order valence-corrected chi connectivity index (χ4v) is 4.82. The van der Waals surface area contributed by atoms with Crippen molar-refractivity contribution in [2.75, 3.05) is 11.1 Å². The number of aromatic nitrogens is 2. The molecule has 0 aliphatic heterocycles. The number of nitrogens with zero attached hydrogens (tertiary/aromatic N) is 2. The summed E-state index contributed by atoms with van der Waals surface area (Å²) in [4.78, 5) is 56.7. The third-order valence-corrected chi connectivity index (χ3v) is 8.40. The highest BCUT2D eigenvalue weighted by atomic mass is 16.5. The molecule has 51 heavy (non-hydrogen) atoms. The Morgan fingerprint density at radius 1 is 0.941 bits per heavy atom. The van der Waals surface area contributed by atoms with Crippen molar-refractivity contribution in [1.29, 1.82) is 5.41 Å². The molecule has 3 amide bonds. The molecule has 0 unspecified atom stereocenters. The van der Waals surface area contributed by atoms with Crippen molar-refractivity contribution in [3.8, 4) is 11.3 Å². The number of ether oxygens (including phenoxy) is 1. The zero-order valence-corrected chi connectivity index (χ0v) is 29.6. The predicted molar refractivity (Wildman–Crippen MR) is 198 cm³/mol. The van der Waals surface area contributed by atoms with Crippen molar-refractivity contribution >= 4 is 35.2 Å². The number of rotatable bonds is 14. The average molecular weight is 695 g/mol. The van der Waals surface area contributed by atoms with E-state index < -0.39 is 17.6 Å². The molecular weight excluding hydrogens is 648 g/mol. The van der Waals surface area contributed by atoms with Gasteiger partial charge in [-0.05, 0) is 55.5 Å². The van der Waals surface area contributed by atoms with Gasteiger partial charge < -0.3 is 26.4 Å². The Morgan fingerprint density at radius 3 is 2.31 bits per heavy atom. The summed E-state index contributed by atoms with van der Waals surface area (Å²) in [6, 6.07) is 20.7. The monoisotopic (exact) mass is 694 g/mol. The van der Waals surface area contributed by atoms with E-state index in [0.29, 0.717) is 28.1 Å². The lowest BCUT2D eigenvalue weighted by atomic mass is 10.1. The molecule has 2 atom stereocenters. The average Bonchev–Trinajstić information content (AvgIpc) is 3.11. The lowest BCUT2D eigenvalue weighted by Gasteiger charge is -2.20. The van der Waals surface area contributed by atoms with Crippen LogP contribution in [0.4, 0.5) is 16.3 Å². The van der Waals surface area contributed by atoms with E-state index in [1.54, 1.807) is 42.5 Å². The van der Waals surface area contributed by atoms with Gasteiger partial charge in [0.2, 0.25) is 5.91 Å². The fourth-order valence-electron chi connectivity index (χ4n) is 4.82. The van der Waals surface area contributed by atoms with Crippen LogP contribution in [0.15, 0.2) is 83.8 Å². The van der Waals surface area contributed by atoms with E-state index in [1.165, 1.54) is 10.8 Å². The first-order chi connectivity index (χ1) is 24.3. The highest BCUT2D eigenvalue weighted by Gasteiger charge is 2.19. The molecule has 0 radical (unpaired) electrons. The molecule has 3 aromatic carbocycles. The molecule has 268 valence electrons. The summed E-state index contributed by atoms with van der Waals surface area (Å²) < 4.78 is 6.50. The third kappa shape index (κ3) is 10.8. The van der Waals surface area contributed by atoms with Crippen LogP contribution in [0.25, 0.3) is 11.3 Å². The molecule has 0 spiro atoms. The highest BCUT2D eigenvalue weighted by molar-refractivity contribution is 6.04. The Balaban J connectivity index is 1.48. The molecule has 1 aromatic heterocycles. The summed E-state index contributed by atoms with van der Waals surface area (Å²) in [7, 11) is 0. The maximum absolute atomic E-state index is 13.8. The van der Waals surface area contributed by atoms with Crippen molar-refractivity contribution < 1.29 is 19.1 Å². The minimum Gasteiger partial charge on any atom is -0.444 e. The van der Waals surface area contributed by atoms with Crippen LogP contribution in [0, 0.1) is 11.3 Å². The van der Waals surface area contributed by atoms with Crippen LogP contribution in [0.3, 0.4) is 0 Å².